The zero-order valence-corrected chi connectivity index (χ0v) is 10.8. The van der Waals surface area contributed by atoms with Crippen molar-refractivity contribution in [3.05, 3.63) is 0 Å². The number of aliphatic hydroxyl groups excluding tert-OH is 1. The minimum atomic E-state index is -0.308. The van der Waals surface area contributed by atoms with E-state index in [9.17, 15) is 9.90 Å². The molecule has 2 heterocycles. The van der Waals surface area contributed by atoms with Crippen LogP contribution < -0.4 is 0 Å². The molecule has 2 rings (SSSR count). The van der Waals surface area contributed by atoms with Gasteiger partial charge < -0.3 is 14.7 Å². The average molecular weight is 241 g/mol. The second-order valence-electron chi connectivity index (χ2n) is 6.01. The van der Waals surface area contributed by atoms with Crippen molar-refractivity contribution in [2.24, 2.45) is 11.3 Å². The van der Waals surface area contributed by atoms with Gasteiger partial charge in [0, 0.05) is 31.7 Å². The number of carbonyl (C=O) groups is 1. The molecule has 4 heteroatoms. The molecule has 0 aliphatic carbocycles. The molecule has 0 spiro atoms. The fourth-order valence-electron chi connectivity index (χ4n) is 2.81. The number of amides is 1. The predicted molar refractivity (Wildman–Crippen MR) is 64.5 cm³/mol. The first kappa shape index (κ1) is 12.8. The van der Waals surface area contributed by atoms with E-state index in [1.54, 1.807) is 4.90 Å². The van der Waals surface area contributed by atoms with E-state index in [1.807, 2.05) is 13.8 Å². The molecule has 0 saturated carbocycles. The van der Waals surface area contributed by atoms with Crippen LogP contribution in [0.4, 0.5) is 0 Å². The molecule has 17 heavy (non-hydrogen) atoms. The third-order valence-electron chi connectivity index (χ3n) is 3.87. The van der Waals surface area contributed by atoms with E-state index in [0.717, 1.165) is 32.5 Å². The smallest absolute Gasteiger partial charge is 0.228 e. The van der Waals surface area contributed by atoms with E-state index in [2.05, 4.69) is 0 Å². The fraction of sp³-hybridized carbons (Fsp3) is 0.923. The van der Waals surface area contributed by atoms with Crippen molar-refractivity contribution in [1.82, 2.24) is 4.90 Å². The Morgan fingerprint density at radius 2 is 1.94 bits per heavy atom. The van der Waals surface area contributed by atoms with E-state index in [-0.39, 0.29) is 17.4 Å². The molecule has 2 saturated heterocycles. The molecule has 1 amide bonds. The summed E-state index contributed by atoms with van der Waals surface area (Å²) in [6, 6.07) is 0. The number of rotatable bonds is 3. The van der Waals surface area contributed by atoms with Crippen molar-refractivity contribution >= 4 is 5.91 Å². The first-order valence-electron chi connectivity index (χ1n) is 6.54. The number of β-amino-alcohol motifs (C(OH)–C–C–N with tert-alkyl or cyclic N) is 1. The molecule has 4 nitrogen and oxygen atoms in total. The highest BCUT2D eigenvalue weighted by Crippen LogP contribution is 2.33. The summed E-state index contributed by atoms with van der Waals surface area (Å²) >= 11 is 0. The number of aliphatic hydroxyl groups is 1. The third kappa shape index (κ3) is 2.99. The predicted octanol–water partition coefficient (Wildman–Crippen LogP) is 1.03. The van der Waals surface area contributed by atoms with Gasteiger partial charge in [-0.1, -0.05) is 13.8 Å². The summed E-state index contributed by atoms with van der Waals surface area (Å²) in [5, 5.41) is 9.24. The highest BCUT2D eigenvalue weighted by molar-refractivity contribution is 5.82. The van der Waals surface area contributed by atoms with Gasteiger partial charge in [-0.25, -0.2) is 0 Å². The number of likely N-dealkylation sites (tertiary alicyclic amines) is 1. The lowest BCUT2D eigenvalue weighted by atomic mass is 9.78. The Kier molecular flexibility index (Phi) is 3.73. The summed E-state index contributed by atoms with van der Waals surface area (Å²) in [7, 11) is 0. The third-order valence-corrected chi connectivity index (χ3v) is 3.87. The molecule has 2 fully saturated rings. The highest BCUT2D eigenvalue weighted by Gasteiger charge is 2.39. The van der Waals surface area contributed by atoms with Crippen molar-refractivity contribution in [2.45, 2.75) is 39.2 Å². The van der Waals surface area contributed by atoms with Crippen LogP contribution in [0.2, 0.25) is 0 Å². The van der Waals surface area contributed by atoms with Crippen LogP contribution in [0.5, 0.6) is 0 Å². The Morgan fingerprint density at radius 1 is 1.35 bits per heavy atom. The Labute approximate surface area is 103 Å². The van der Waals surface area contributed by atoms with Crippen LogP contribution in [0.15, 0.2) is 0 Å². The molecule has 0 bridgehead atoms. The van der Waals surface area contributed by atoms with Gasteiger partial charge in [0.15, 0.2) is 0 Å². The lowest BCUT2D eigenvalue weighted by Crippen LogP contribution is -2.57. The van der Waals surface area contributed by atoms with Gasteiger partial charge in [0.2, 0.25) is 5.91 Å². The van der Waals surface area contributed by atoms with Gasteiger partial charge >= 0.3 is 0 Å². The summed E-state index contributed by atoms with van der Waals surface area (Å²) in [6.45, 7) is 6.73. The number of hydrogen-bond donors (Lipinski definition) is 1. The van der Waals surface area contributed by atoms with Crippen LogP contribution in [0.25, 0.3) is 0 Å². The lowest BCUT2D eigenvalue weighted by molar-refractivity contribution is -0.152. The monoisotopic (exact) mass is 241 g/mol. The normalized spacial score (nSPS) is 23.6. The Hall–Kier alpha value is -0.610. The zero-order valence-electron chi connectivity index (χ0n) is 10.8. The van der Waals surface area contributed by atoms with Crippen LogP contribution in [-0.2, 0) is 9.53 Å². The van der Waals surface area contributed by atoms with Crippen LogP contribution >= 0.6 is 0 Å². The fourth-order valence-corrected chi connectivity index (χ4v) is 2.81. The van der Waals surface area contributed by atoms with Gasteiger partial charge in [-0.15, -0.1) is 0 Å². The van der Waals surface area contributed by atoms with Crippen LogP contribution in [0.3, 0.4) is 0 Å². The van der Waals surface area contributed by atoms with Crippen molar-refractivity contribution in [3.63, 3.8) is 0 Å². The molecule has 0 atom stereocenters. The zero-order chi connectivity index (χ0) is 12.5. The quantitative estimate of drug-likeness (QED) is 0.803. The standard InChI is InChI=1S/C13H23NO3/c1-13(2,7-10-3-5-17-6-4-10)12(16)14-8-11(15)9-14/h10-11,15H,3-9H2,1-2H3. The summed E-state index contributed by atoms with van der Waals surface area (Å²) in [4.78, 5) is 14.0. The maximum Gasteiger partial charge on any atom is 0.228 e. The van der Waals surface area contributed by atoms with Crippen molar-refractivity contribution in [3.8, 4) is 0 Å². The number of ether oxygens (including phenoxy) is 1. The van der Waals surface area contributed by atoms with Gasteiger partial charge in [0.25, 0.3) is 0 Å². The van der Waals surface area contributed by atoms with E-state index in [4.69, 9.17) is 4.74 Å². The Balaban J connectivity index is 1.86. The maximum atomic E-state index is 12.2. The van der Waals surface area contributed by atoms with E-state index in [1.165, 1.54) is 0 Å². The largest absolute Gasteiger partial charge is 0.389 e. The highest BCUT2D eigenvalue weighted by atomic mass is 16.5. The molecule has 0 aromatic rings. The molecule has 2 aliphatic rings. The van der Waals surface area contributed by atoms with E-state index < -0.39 is 0 Å². The molecule has 1 N–H and O–H groups in total. The van der Waals surface area contributed by atoms with Gasteiger partial charge in [0.05, 0.1) is 6.10 Å². The Bertz CT molecular complexity index is 278. The number of hydrogen-bond acceptors (Lipinski definition) is 3. The van der Waals surface area contributed by atoms with Crippen molar-refractivity contribution in [2.75, 3.05) is 26.3 Å². The second kappa shape index (κ2) is 4.94. The van der Waals surface area contributed by atoms with Gasteiger partial charge in [-0.3, -0.25) is 4.79 Å². The first-order valence-corrected chi connectivity index (χ1v) is 6.54. The first-order chi connectivity index (χ1) is 7.99. The molecular weight excluding hydrogens is 218 g/mol. The van der Waals surface area contributed by atoms with Crippen molar-refractivity contribution < 1.29 is 14.6 Å². The molecule has 0 unspecified atom stereocenters. The van der Waals surface area contributed by atoms with Gasteiger partial charge in [0.1, 0.15) is 0 Å². The number of nitrogens with zero attached hydrogens (tertiary/aromatic N) is 1. The molecular formula is C13H23NO3. The molecule has 2 aliphatic heterocycles. The summed E-state index contributed by atoms with van der Waals surface area (Å²) in [5.74, 6) is 0.795. The lowest BCUT2D eigenvalue weighted by Gasteiger charge is -2.42. The maximum absolute atomic E-state index is 12.2. The van der Waals surface area contributed by atoms with Crippen LogP contribution in [0, 0.1) is 11.3 Å². The molecule has 0 radical (unpaired) electrons. The summed E-state index contributed by atoms with van der Waals surface area (Å²) < 4.78 is 5.34. The minimum absolute atomic E-state index is 0.189. The molecule has 0 aromatic heterocycles. The van der Waals surface area contributed by atoms with Crippen molar-refractivity contribution in [1.29, 1.82) is 0 Å². The average Bonchev–Trinajstić information content (AvgIpc) is 2.24. The molecule has 98 valence electrons. The van der Waals surface area contributed by atoms with Crippen LogP contribution in [0.1, 0.15) is 33.1 Å². The van der Waals surface area contributed by atoms with E-state index >= 15 is 0 Å². The second-order valence-corrected chi connectivity index (χ2v) is 6.01. The van der Waals surface area contributed by atoms with E-state index in [0.29, 0.717) is 19.0 Å². The Morgan fingerprint density at radius 3 is 2.47 bits per heavy atom. The summed E-state index contributed by atoms with van der Waals surface area (Å²) in [6.07, 6.45) is 2.76. The van der Waals surface area contributed by atoms with Crippen LogP contribution in [-0.4, -0.2) is 48.3 Å². The topological polar surface area (TPSA) is 49.8 Å². The number of carbonyl (C=O) groups excluding carboxylic acids is 1. The van der Waals surface area contributed by atoms with Gasteiger partial charge in [-0.05, 0) is 25.2 Å². The van der Waals surface area contributed by atoms with Gasteiger partial charge in [-0.2, -0.15) is 0 Å². The molecule has 0 aromatic carbocycles. The summed E-state index contributed by atoms with van der Waals surface area (Å²) in [5.41, 5.74) is -0.303. The SMILES string of the molecule is CC(C)(CC1CCOCC1)C(=O)N1CC(O)C1. The minimum Gasteiger partial charge on any atom is -0.389 e.